The second-order valence-corrected chi connectivity index (χ2v) is 9.38. The summed E-state index contributed by atoms with van der Waals surface area (Å²) in [7, 11) is 0. The first-order valence-corrected chi connectivity index (χ1v) is 12.1. The molecular weight excluding hydrogens is 462 g/mol. The highest BCUT2D eigenvalue weighted by atomic mass is 35.5. The summed E-state index contributed by atoms with van der Waals surface area (Å²) in [6.07, 6.45) is 1.48. The Morgan fingerprint density at radius 3 is 2.34 bits per heavy atom. The molecule has 5 rings (SSSR count). The van der Waals surface area contributed by atoms with E-state index in [0.717, 1.165) is 54.3 Å². The van der Waals surface area contributed by atoms with E-state index in [1.165, 1.54) is 6.92 Å². The monoisotopic (exact) mass is 487 g/mol. The lowest BCUT2D eigenvalue weighted by Gasteiger charge is -2.33. The van der Waals surface area contributed by atoms with Gasteiger partial charge < -0.3 is 10.2 Å². The van der Waals surface area contributed by atoms with E-state index in [-0.39, 0.29) is 17.6 Å². The first-order valence-electron chi connectivity index (χ1n) is 11.7. The van der Waals surface area contributed by atoms with Crippen LogP contribution in [0.15, 0.2) is 60.7 Å². The molecule has 1 aliphatic rings. The predicted molar refractivity (Wildman–Crippen MR) is 138 cm³/mol. The van der Waals surface area contributed by atoms with E-state index in [4.69, 9.17) is 16.7 Å². The van der Waals surface area contributed by atoms with Crippen LogP contribution in [0.25, 0.3) is 16.9 Å². The number of nitrogens with zero attached hydrogens (tertiary/aromatic N) is 4. The fraction of sp³-hybridized carbons (Fsp3) is 0.259. The van der Waals surface area contributed by atoms with E-state index >= 15 is 0 Å². The van der Waals surface area contributed by atoms with E-state index < -0.39 is 0 Å². The van der Waals surface area contributed by atoms with Crippen molar-refractivity contribution in [3.05, 3.63) is 76.9 Å². The topological polar surface area (TPSA) is 79.6 Å². The Hall–Kier alpha value is -3.71. The van der Waals surface area contributed by atoms with Gasteiger partial charge in [0.1, 0.15) is 5.82 Å². The lowest BCUT2D eigenvalue weighted by molar-refractivity contribution is -0.120. The van der Waals surface area contributed by atoms with Gasteiger partial charge >= 0.3 is 0 Å². The number of benzene rings is 2. The minimum absolute atomic E-state index is 0.00757. The second kappa shape index (κ2) is 9.50. The number of piperidine rings is 1. The van der Waals surface area contributed by atoms with Gasteiger partial charge in [-0.05, 0) is 63.1 Å². The van der Waals surface area contributed by atoms with Crippen LogP contribution in [-0.2, 0) is 4.79 Å². The third kappa shape index (κ3) is 4.91. The van der Waals surface area contributed by atoms with E-state index in [2.05, 4.69) is 15.2 Å². The number of carbonyl (C=O) groups excluding carboxylic acids is 2. The lowest BCUT2D eigenvalue weighted by atomic mass is 9.95. The van der Waals surface area contributed by atoms with Gasteiger partial charge in [-0.3, -0.25) is 9.59 Å². The summed E-state index contributed by atoms with van der Waals surface area (Å²) >= 11 is 6.04. The number of aryl methyl sites for hydroxylation is 1. The molecule has 2 aromatic carbocycles. The maximum atomic E-state index is 12.8. The molecule has 1 aliphatic heterocycles. The average molecular weight is 488 g/mol. The van der Waals surface area contributed by atoms with E-state index in [9.17, 15) is 9.59 Å². The van der Waals surface area contributed by atoms with Gasteiger partial charge in [0.2, 0.25) is 5.91 Å². The molecule has 178 valence electrons. The fourth-order valence-corrected chi connectivity index (χ4v) is 4.60. The van der Waals surface area contributed by atoms with Crippen molar-refractivity contribution in [3.8, 4) is 11.3 Å². The summed E-state index contributed by atoms with van der Waals surface area (Å²) in [5.74, 6) is 0.930. The first-order chi connectivity index (χ1) is 16.9. The quantitative estimate of drug-likeness (QED) is 0.380. The van der Waals surface area contributed by atoms with Gasteiger partial charge in [0, 0.05) is 58.7 Å². The van der Waals surface area contributed by atoms with Crippen molar-refractivity contribution < 1.29 is 9.59 Å². The van der Waals surface area contributed by atoms with Gasteiger partial charge in [0.05, 0.1) is 5.69 Å². The molecule has 0 bridgehead atoms. The van der Waals surface area contributed by atoms with Crippen LogP contribution < -0.4 is 10.2 Å². The highest BCUT2D eigenvalue weighted by molar-refractivity contribution is 6.30. The molecule has 0 unspecified atom stereocenters. The van der Waals surface area contributed by atoms with Gasteiger partial charge in [-0.1, -0.05) is 23.7 Å². The van der Waals surface area contributed by atoms with Crippen LogP contribution in [0.3, 0.4) is 0 Å². The number of hydrogen-bond donors (Lipinski definition) is 1. The summed E-state index contributed by atoms with van der Waals surface area (Å²) < 4.78 is 1.88. The Bertz CT molecular complexity index is 1390. The molecule has 0 radical (unpaired) electrons. The zero-order valence-corrected chi connectivity index (χ0v) is 20.4. The number of fused-ring (bicyclic) bond motifs is 1. The van der Waals surface area contributed by atoms with Crippen LogP contribution in [0.1, 0.15) is 35.8 Å². The van der Waals surface area contributed by atoms with Gasteiger partial charge in [-0.25, -0.2) is 4.98 Å². The van der Waals surface area contributed by atoms with Crippen molar-refractivity contribution in [1.29, 1.82) is 0 Å². The highest BCUT2D eigenvalue weighted by Crippen LogP contribution is 2.28. The molecule has 1 fully saturated rings. The molecule has 8 heteroatoms. The SMILES string of the molecule is CC(=O)c1ccc(NC(=O)C2CCN(c3cc(C)nc4cc(-c5ccc(Cl)cc5)nn34)CC2)cc1. The van der Waals surface area contributed by atoms with Crippen molar-refractivity contribution in [2.24, 2.45) is 5.92 Å². The van der Waals surface area contributed by atoms with Gasteiger partial charge in [-0.2, -0.15) is 9.61 Å². The number of Topliss-reactive ketones (excluding diaryl/α,β-unsaturated/α-hetero) is 1. The maximum absolute atomic E-state index is 12.8. The van der Waals surface area contributed by atoms with Crippen LogP contribution in [0.5, 0.6) is 0 Å². The number of halogens is 1. The smallest absolute Gasteiger partial charge is 0.227 e. The molecule has 3 heterocycles. The van der Waals surface area contributed by atoms with E-state index in [1.807, 2.05) is 47.8 Å². The molecule has 1 N–H and O–H groups in total. The summed E-state index contributed by atoms with van der Waals surface area (Å²) in [4.78, 5) is 31.2. The van der Waals surface area contributed by atoms with Crippen LogP contribution in [-0.4, -0.2) is 39.4 Å². The summed E-state index contributed by atoms with van der Waals surface area (Å²) in [5, 5.41) is 8.50. The number of carbonyl (C=O) groups is 2. The Kier molecular flexibility index (Phi) is 6.26. The van der Waals surface area contributed by atoms with Crippen molar-refractivity contribution in [2.45, 2.75) is 26.7 Å². The van der Waals surface area contributed by atoms with Gasteiger partial charge in [-0.15, -0.1) is 0 Å². The number of ketones is 1. The summed E-state index contributed by atoms with van der Waals surface area (Å²) in [6, 6.07) is 18.7. The molecule has 0 aliphatic carbocycles. The molecule has 35 heavy (non-hydrogen) atoms. The van der Waals surface area contributed by atoms with Crippen LogP contribution >= 0.6 is 11.6 Å². The number of hydrogen-bond acceptors (Lipinski definition) is 5. The molecule has 0 saturated carbocycles. The number of rotatable bonds is 5. The highest BCUT2D eigenvalue weighted by Gasteiger charge is 2.27. The normalized spacial score (nSPS) is 14.3. The maximum Gasteiger partial charge on any atom is 0.227 e. The first kappa shape index (κ1) is 23.1. The number of amides is 1. The number of aromatic nitrogens is 3. The Morgan fingerprint density at radius 1 is 1.00 bits per heavy atom. The fourth-order valence-electron chi connectivity index (χ4n) is 4.47. The molecule has 0 atom stereocenters. The van der Waals surface area contributed by atoms with Gasteiger partial charge in [0.15, 0.2) is 11.4 Å². The average Bonchev–Trinajstić information content (AvgIpc) is 3.28. The van der Waals surface area contributed by atoms with Crippen molar-refractivity contribution in [2.75, 3.05) is 23.3 Å². The molecule has 0 spiro atoms. The van der Waals surface area contributed by atoms with E-state index in [1.54, 1.807) is 24.3 Å². The Balaban J connectivity index is 1.30. The number of nitrogens with one attached hydrogen (secondary N) is 1. The number of anilines is 2. The third-order valence-corrected chi connectivity index (χ3v) is 6.68. The predicted octanol–water partition coefficient (Wildman–Crippen LogP) is 5.42. The second-order valence-electron chi connectivity index (χ2n) is 8.95. The molecule has 2 aromatic heterocycles. The molecule has 7 nitrogen and oxygen atoms in total. The Labute approximate surface area is 208 Å². The minimum atomic E-state index is -0.0700. The molecule has 4 aromatic rings. The molecule has 1 amide bonds. The zero-order valence-electron chi connectivity index (χ0n) is 19.7. The largest absolute Gasteiger partial charge is 0.356 e. The molecular formula is C27H26ClN5O2. The van der Waals surface area contributed by atoms with Gasteiger partial charge in [0.25, 0.3) is 0 Å². The Morgan fingerprint density at radius 2 is 1.69 bits per heavy atom. The van der Waals surface area contributed by atoms with Crippen LogP contribution in [0.4, 0.5) is 11.5 Å². The van der Waals surface area contributed by atoms with E-state index in [0.29, 0.717) is 16.3 Å². The lowest BCUT2D eigenvalue weighted by Crippen LogP contribution is -2.39. The third-order valence-electron chi connectivity index (χ3n) is 6.43. The van der Waals surface area contributed by atoms with Crippen molar-refractivity contribution in [1.82, 2.24) is 14.6 Å². The summed E-state index contributed by atoms with van der Waals surface area (Å²) in [5.41, 5.74) is 4.87. The zero-order chi connectivity index (χ0) is 24.5. The van der Waals surface area contributed by atoms with Crippen LogP contribution in [0, 0.1) is 12.8 Å². The minimum Gasteiger partial charge on any atom is -0.356 e. The standard InChI is InChI=1S/C27H26ClN5O2/c1-17-15-26(33-25(29-17)16-24(31-33)20-3-7-22(28)8-4-20)32-13-11-21(12-14-32)27(35)30-23-9-5-19(6-10-23)18(2)34/h3-10,15-16,21H,11-14H2,1-2H3,(H,30,35). The van der Waals surface area contributed by atoms with Crippen molar-refractivity contribution >= 4 is 40.4 Å². The van der Waals surface area contributed by atoms with Crippen molar-refractivity contribution in [3.63, 3.8) is 0 Å². The van der Waals surface area contributed by atoms with Crippen LogP contribution in [0.2, 0.25) is 5.02 Å². The molecule has 1 saturated heterocycles. The summed E-state index contributed by atoms with van der Waals surface area (Å²) in [6.45, 7) is 5.00.